The number of hydrogen-bond donors (Lipinski definition) is 1. The Kier molecular flexibility index (Phi) is 4.62. The molecule has 138 valence electrons. The van der Waals surface area contributed by atoms with Crippen LogP contribution in [0.25, 0.3) is 11.1 Å². The molecule has 0 radical (unpaired) electrons. The third kappa shape index (κ3) is 3.37. The quantitative estimate of drug-likeness (QED) is 0.729. The van der Waals surface area contributed by atoms with Crippen LogP contribution >= 0.6 is 0 Å². The van der Waals surface area contributed by atoms with Crippen LogP contribution in [0.3, 0.4) is 0 Å². The Morgan fingerprint density at radius 1 is 0.964 bits per heavy atom. The monoisotopic (exact) mass is 374 g/mol. The molecule has 1 amide bonds. The lowest BCUT2D eigenvalue weighted by Crippen LogP contribution is -2.12. The van der Waals surface area contributed by atoms with Gasteiger partial charge in [0.05, 0.1) is 11.6 Å². The number of nitriles is 1. The normalized spacial score (nSPS) is 12.4. The summed E-state index contributed by atoms with van der Waals surface area (Å²) in [5.41, 5.74) is 4.72. The Balaban J connectivity index is 1.75. The minimum atomic E-state index is -0.661. The standard InChI is InChI=1S/C23H16F2N2O/c24-18-6-7-19(22(25)10-18)20-11-21-17(13-27-23(21)28)9-16(20)5-4-14-2-1-3-15(8-14)12-26/h1-3,6-11H,4-5,13H2,(H,27,28). The molecular formula is C23H16F2N2O. The number of rotatable bonds is 4. The fraction of sp³-hybridized carbons (Fsp3) is 0.130. The number of benzene rings is 3. The van der Waals surface area contributed by atoms with Gasteiger partial charge in [-0.25, -0.2) is 8.78 Å². The number of amides is 1. The summed E-state index contributed by atoms with van der Waals surface area (Å²) in [6.07, 6.45) is 1.26. The summed E-state index contributed by atoms with van der Waals surface area (Å²) in [4.78, 5) is 12.1. The summed E-state index contributed by atoms with van der Waals surface area (Å²) < 4.78 is 27.8. The van der Waals surface area contributed by atoms with Crippen LogP contribution in [0.1, 0.15) is 32.6 Å². The number of aryl methyl sites for hydroxylation is 2. The van der Waals surface area contributed by atoms with E-state index in [0.717, 1.165) is 22.8 Å². The van der Waals surface area contributed by atoms with E-state index in [0.29, 0.717) is 36.1 Å². The summed E-state index contributed by atoms with van der Waals surface area (Å²) in [6, 6.07) is 16.5. The first-order valence-corrected chi connectivity index (χ1v) is 8.93. The van der Waals surface area contributed by atoms with Crippen molar-refractivity contribution in [2.75, 3.05) is 0 Å². The molecule has 3 aromatic carbocycles. The van der Waals surface area contributed by atoms with Crippen LogP contribution < -0.4 is 5.32 Å². The Bertz CT molecular complexity index is 1130. The average molecular weight is 374 g/mol. The molecule has 0 unspecified atom stereocenters. The van der Waals surface area contributed by atoms with Gasteiger partial charge in [-0.05, 0) is 65.4 Å². The topological polar surface area (TPSA) is 52.9 Å². The van der Waals surface area contributed by atoms with E-state index in [9.17, 15) is 13.6 Å². The molecule has 0 saturated carbocycles. The average Bonchev–Trinajstić information content (AvgIpc) is 3.06. The third-order valence-corrected chi connectivity index (χ3v) is 4.97. The molecular weight excluding hydrogens is 358 g/mol. The summed E-state index contributed by atoms with van der Waals surface area (Å²) in [5, 5.41) is 11.8. The summed E-state index contributed by atoms with van der Waals surface area (Å²) in [5.74, 6) is -1.49. The lowest BCUT2D eigenvalue weighted by atomic mass is 9.91. The van der Waals surface area contributed by atoms with Gasteiger partial charge in [0.2, 0.25) is 0 Å². The van der Waals surface area contributed by atoms with Crippen molar-refractivity contribution < 1.29 is 13.6 Å². The highest BCUT2D eigenvalue weighted by molar-refractivity contribution is 5.99. The highest BCUT2D eigenvalue weighted by Crippen LogP contribution is 2.32. The van der Waals surface area contributed by atoms with Crippen LogP contribution in [0.4, 0.5) is 8.78 Å². The van der Waals surface area contributed by atoms with Crippen molar-refractivity contribution in [3.8, 4) is 17.2 Å². The van der Waals surface area contributed by atoms with Crippen molar-refractivity contribution in [3.05, 3.63) is 94.0 Å². The zero-order valence-electron chi connectivity index (χ0n) is 14.9. The van der Waals surface area contributed by atoms with Crippen molar-refractivity contribution in [1.82, 2.24) is 5.32 Å². The van der Waals surface area contributed by atoms with Gasteiger partial charge in [0.15, 0.2) is 0 Å². The lowest BCUT2D eigenvalue weighted by Gasteiger charge is -2.13. The Morgan fingerprint density at radius 2 is 1.82 bits per heavy atom. The van der Waals surface area contributed by atoms with E-state index in [-0.39, 0.29) is 11.5 Å². The molecule has 5 heteroatoms. The number of hydrogen-bond acceptors (Lipinski definition) is 2. The number of fused-ring (bicyclic) bond motifs is 1. The number of carbonyl (C=O) groups excluding carboxylic acids is 1. The van der Waals surface area contributed by atoms with Crippen LogP contribution in [0.5, 0.6) is 0 Å². The maximum atomic E-state index is 14.5. The minimum absolute atomic E-state index is 0.188. The van der Waals surface area contributed by atoms with E-state index < -0.39 is 11.6 Å². The summed E-state index contributed by atoms with van der Waals surface area (Å²) in [6.45, 7) is 0.442. The smallest absolute Gasteiger partial charge is 0.251 e. The Morgan fingerprint density at radius 3 is 2.61 bits per heavy atom. The molecule has 0 bridgehead atoms. The Hall–Kier alpha value is -3.52. The molecule has 1 N–H and O–H groups in total. The molecule has 0 aliphatic carbocycles. The molecule has 1 heterocycles. The fourth-order valence-electron chi connectivity index (χ4n) is 3.56. The van der Waals surface area contributed by atoms with Gasteiger partial charge in [0.1, 0.15) is 11.6 Å². The van der Waals surface area contributed by atoms with Crippen molar-refractivity contribution in [3.63, 3.8) is 0 Å². The number of halogens is 2. The van der Waals surface area contributed by atoms with Gasteiger partial charge in [-0.15, -0.1) is 0 Å². The van der Waals surface area contributed by atoms with Gasteiger partial charge >= 0.3 is 0 Å². The molecule has 0 saturated heterocycles. The summed E-state index contributed by atoms with van der Waals surface area (Å²) in [7, 11) is 0. The molecule has 28 heavy (non-hydrogen) atoms. The predicted octanol–water partition coefficient (Wildman–Crippen LogP) is 4.53. The molecule has 3 nitrogen and oxygen atoms in total. The van der Waals surface area contributed by atoms with E-state index in [2.05, 4.69) is 11.4 Å². The maximum absolute atomic E-state index is 14.5. The molecule has 0 aromatic heterocycles. The molecule has 1 aliphatic heterocycles. The van der Waals surface area contributed by atoms with E-state index in [4.69, 9.17) is 5.26 Å². The van der Waals surface area contributed by atoms with Gasteiger partial charge in [-0.3, -0.25) is 4.79 Å². The fourth-order valence-corrected chi connectivity index (χ4v) is 3.56. The van der Waals surface area contributed by atoms with Crippen molar-refractivity contribution in [1.29, 1.82) is 5.26 Å². The first-order chi connectivity index (χ1) is 13.5. The highest BCUT2D eigenvalue weighted by Gasteiger charge is 2.22. The van der Waals surface area contributed by atoms with Crippen LogP contribution in [-0.2, 0) is 19.4 Å². The number of carbonyl (C=O) groups is 1. The van der Waals surface area contributed by atoms with Crippen molar-refractivity contribution >= 4 is 5.91 Å². The van der Waals surface area contributed by atoms with Crippen LogP contribution in [0, 0.1) is 23.0 Å². The molecule has 3 aromatic rings. The van der Waals surface area contributed by atoms with E-state index >= 15 is 0 Å². The van der Waals surface area contributed by atoms with Crippen molar-refractivity contribution in [2.45, 2.75) is 19.4 Å². The predicted molar refractivity (Wildman–Crippen MR) is 102 cm³/mol. The molecule has 0 fully saturated rings. The SMILES string of the molecule is N#Cc1cccc(CCc2cc3c(cc2-c2ccc(F)cc2F)C(=O)NC3)c1. The van der Waals surface area contributed by atoms with Crippen LogP contribution in [0.15, 0.2) is 54.6 Å². The van der Waals surface area contributed by atoms with Crippen LogP contribution in [0.2, 0.25) is 0 Å². The van der Waals surface area contributed by atoms with E-state index in [1.807, 2.05) is 24.3 Å². The van der Waals surface area contributed by atoms with Gasteiger partial charge in [0, 0.05) is 23.7 Å². The largest absolute Gasteiger partial charge is 0.348 e. The Labute approximate surface area is 161 Å². The first-order valence-electron chi connectivity index (χ1n) is 8.93. The summed E-state index contributed by atoms with van der Waals surface area (Å²) >= 11 is 0. The molecule has 4 rings (SSSR count). The second-order valence-electron chi connectivity index (χ2n) is 6.79. The van der Waals surface area contributed by atoms with Gasteiger partial charge in [0.25, 0.3) is 5.91 Å². The van der Waals surface area contributed by atoms with Gasteiger partial charge < -0.3 is 5.32 Å². The molecule has 1 aliphatic rings. The maximum Gasteiger partial charge on any atom is 0.251 e. The molecule has 0 spiro atoms. The first kappa shape index (κ1) is 17.9. The zero-order chi connectivity index (χ0) is 19.7. The van der Waals surface area contributed by atoms with Gasteiger partial charge in [-0.1, -0.05) is 18.2 Å². The lowest BCUT2D eigenvalue weighted by molar-refractivity contribution is 0.0966. The minimum Gasteiger partial charge on any atom is -0.348 e. The second kappa shape index (κ2) is 7.24. The van der Waals surface area contributed by atoms with E-state index in [1.54, 1.807) is 12.1 Å². The van der Waals surface area contributed by atoms with Crippen molar-refractivity contribution in [2.24, 2.45) is 0 Å². The van der Waals surface area contributed by atoms with Crippen LogP contribution in [-0.4, -0.2) is 5.91 Å². The van der Waals surface area contributed by atoms with E-state index in [1.165, 1.54) is 12.1 Å². The molecule has 0 atom stereocenters. The zero-order valence-corrected chi connectivity index (χ0v) is 14.9. The third-order valence-electron chi connectivity index (χ3n) is 4.97. The second-order valence-corrected chi connectivity index (χ2v) is 6.79. The highest BCUT2D eigenvalue weighted by atomic mass is 19.1. The number of nitrogens with zero attached hydrogens (tertiary/aromatic N) is 1. The van der Waals surface area contributed by atoms with Gasteiger partial charge in [-0.2, -0.15) is 5.26 Å². The number of nitrogens with one attached hydrogen (secondary N) is 1.